The summed E-state index contributed by atoms with van der Waals surface area (Å²) in [5.41, 5.74) is 1.35. The number of carbonyl (C=O) groups is 1. The molecule has 1 aliphatic heterocycles. The van der Waals surface area contributed by atoms with Gasteiger partial charge in [-0.15, -0.1) is 11.3 Å². The number of nitrogens with one attached hydrogen (secondary N) is 1. The van der Waals surface area contributed by atoms with Crippen molar-refractivity contribution in [3.8, 4) is 0 Å². The fourth-order valence-corrected chi connectivity index (χ4v) is 6.57. The van der Waals surface area contributed by atoms with Crippen molar-refractivity contribution in [2.75, 3.05) is 13.1 Å². The number of thiazole rings is 1. The van der Waals surface area contributed by atoms with Crippen molar-refractivity contribution in [1.29, 1.82) is 0 Å². The van der Waals surface area contributed by atoms with E-state index in [4.69, 9.17) is 0 Å². The first kappa shape index (κ1) is 21.0. The molecular formula is C22H25N3O3S2. The maximum absolute atomic E-state index is 13.0. The second-order valence-corrected chi connectivity index (χ2v) is 11.1. The SMILES string of the molecule is CC1CC(C)CN(S(=O)(=O)c2ccc(C(=O)NCc3nc4ccccc4s3)cc2)C1. The summed E-state index contributed by atoms with van der Waals surface area (Å²) in [6.07, 6.45) is 1.04. The number of amides is 1. The molecule has 2 heterocycles. The molecule has 1 saturated heterocycles. The standard InChI is InChI=1S/C22H25N3O3S2/c1-15-11-16(2)14-25(13-15)30(27,28)18-9-7-17(8-10-18)22(26)23-12-21-24-19-5-3-4-6-20(19)29-21/h3-10,15-16H,11-14H2,1-2H3,(H,23,26). The zero-order valence-corrected chi connectivity index (χ0v) is 18.7. The van der Waals surface area contributed by atoms with Gasteiger partial charge in [-0.3, -0.25) is 4.79 Å². The van der Waals surface area contributed by atoms with Crippen LogP contribution < -0.4 is 5.32 Å². The van der Waals surface area contributed by atoms with Gasteiger partial charge >= 0.3 is 0 Å². The second-order valence-electron chi connectivity index (χ2n) is 8.05. The van der Waals surface area contributed by atoms with Crippen LogP contribution in [0.1, 0.15) is 35.6 Å². The van der Waals surface area contributed by atoms with Gasteiger partial charge < -0.3 is 5.32 Å². The predicted octanol–water partition coefficient (Wildman–Crippen LogP) is 3.89. The third-order valence-corrected chi connectivity index (χ3v) is 8.21. The molecule has 1 fully saturated rings. The van der Waals surface area contributed by atoms with Crippen LogP contribution in [0.15, 0.2) is 53.4 Å². The van der Waals surface area contributed by atoms with E-state index in [2.05, 4.69) is 24.1 Å². The molecule has 2 atom stereocenters. The molecule has 6 nitrogen and oxygen atoms in total. The molecule has 1 aliphatic rings. The van der Waals surface area contributed by atoms with E-state index in [9.17, 15) is 13.2 Å². The minimum absolute atomic E-state index is 0.228. The van der Waals surface area contributed by atoms with Crippen LogP contribution in [0, 0.1) is 11.8 Å². The van der Waals surface area contributed by atoms with Gasteiger partial charge in [0.05, 0.1) is 21.7 Å². The Kier molecular flexibility index (Phi) is 5.90. The maximum Gasteiger partial charge on any atom is 0.251 e. The maximum atomic E-state index is 13.0. The monoisotopic (exact) mass is 443 g/mol. The molecule has 2 unspecified atom stereocenters. The predicted molar refractivity (Wildman–Crippen MR) is 119 cm³/mol. The molecule has 0 bridgehead atoms. The molecule has 0 aliphatic carbocycles. The number of rotatable bonds is 5. The first-order valence-electron chi connectivity index (χ1n) is 10.1. The van der Waals surface area contributed by atoms with Crippen LogP contribution in [0.5, 0.6) is 0 Å². The molecule has 1 amide bonds. The Bertz CT molecular complexity index is 1110. The number of fused-ring (bicyclic) bond motifs is 1. The zero-order chi connectivity index (χ0) is 21.3. The minimum atomic E-state index is -3.55. The van der Waals surface area contributed by atoms with E-state index < -0.39 is 10.0 Å². The molecule has 0 spiro atoms. The minimum Gasteiger partial charge on any atom is -0.346 e. The molecule has 30 heavy (non-hydrogen) atoms. The van der Waals surface area contributed by atoms with Crippen LogP contribution in [0.4, 0.5) is 0 Å². The van der Waals surface area contributed by atoms with E-state index in [0.717, 1.165) is 21.6 Å². The molecule has 158 valence electrons. The summed E-state index contributed by atoms with van der Waals surface area (Å²) in [5, 5.41) is 3.69. The topological polar surface area (TPSA) is 79.4 Å². The van der Waals surface area contributed by atoms with E-state index in [1.165, 1.54) is 12.1 Å². The van der Waals surface area contributed by atoms with Gasteiger partial charge in [-0.05, 0) is 54.7 Å². The average molecular weight is 444 g/mol. The Morgan fingerprint density at radius 1 is 1.10 bits per heavy atom. The fraction of sp³-hybridized carbons (Fsp3) is 0.364. The number of aromatic nitrogens is 1. The van der Waals surface area contributed by atoms with Gasteiger partial charge in [-0.1, -0.05) is 26.0 Å². The fourth-order valence-electron chi connectivity index (χ4n) is 3.98. The molecule has 0 radical (unpaired) electrons. The summed E-state index contributed by atoms with van der Waals surface area (Å²) in [6.45, 7) is 5.57. The van der Waals surface area contributed by atoms with Crippen molar-refractivity contribution < 1.29 is 13.2 Å². The smallest absolute Gasteiger partial charge is 0.251 e. The average Bonchev–Trinajstić information content (AvgIpc) is 3.14. The lowest BCUT2D eigenvalue weighted by Crippen LogP contribution is -2.42. The lowest BCUT2D eigenvalue weighted by atomic mass is 9.94. The lowest BCUT2D eigenvalue weighted by molar-refractivity contribution is 0.0950. The normalized spacial score (nSPS) is 20.3. The van der Waals surface area contributed by atoms with Gasteiger partial charge in [0, 0.05) is 18.7 Å². The van der Waals surface area contributed by atoms with Crippen LogP contribution >= 0.6 is 11.3 Å². The molecule has 3 aromatic rings. The Morgan fingerprint density at radius 3 is 2.43 bits per heavy atom. The molecule has 2 aromatic carbocycles. The first-order chi connectivity index (χ1) is 14.3. The number of hydrogen-bond acceptors (Lipinski definition) is 5. The highest BCUT2D eigenvalue weighted by Gasteiger charge is 2.31. The number of hydrogen-bond donors (Lipinski definition) is 1. The summed E-state index contributed by atoms with van der Waals surface area (Å²) in [5.74, 6) is 0.436. The van der Waals surface area contributed by atoms with Gasteiger partial charge in [0.25, 0.3) is 5.91 Å². The van der Waals surface area contributed by atoms with Gasteiger partial charge in [-0.2, -0.15) is 4.31 Å². The van der Waals surface area contributed by atoms with E-state index >= 15 is 0 Å². The Balaban J connectivity index is 1.42. The number of para-hydroxylation sites is 1. The molecule has 1 N–H and O–H groups in total. The van der Waals surface area contributed by atoms with E-state index in [0.29, 0.717) is 37.0 Å². The number of piperidine rings is 1. The summed E-state index contributed by atoms with van der Waals surface area (Å²) in [4.78, 5) is 17.2. The van der Waals surface area contributed by atoms with E-state index in [1.54, 1.807) is 27.8 Å². The number of nitrogens with zero attached hydrogens (tertiary/aromatic N) is 2. The van der Waals surface area contributed by atoms with Gasteiger partial charge in [0.2, 0.25) is 10.0 Å². The summed E-state index contributed by atoms with van der Waals surface area (Å²) < 4.78 is 28.6. The van der Waals surface area contributed by atoms with E-state index in [1.807, 2.05) is 24.3 Å². The van der Waals surface area contributed by atoms with Crippen LogP contribution in [0.2, 0.25) is 0 Å². The number of benzene rings is 2. The van der Waals surface area contributed by atoms with Crippen molar-refractivity contribution in [2.45, 2.75) is 31.7 Å². The lowest BCUT2D eigenvalue weighted by Gasteiger charge is -2.34. The highest BCUT2D eigenvalue weighted by Crippen LogP contribution is 2.27. The van der Waals surface area contributed by atoms with Gasteiger partial charge in [-0.25, -0.2) is 13.4 Å². The Labute approximate surface area is 181 Å². The second kappa shape index (κ2) is 8.45. The highest BCUT2D eigenvalue weighted by atomic mass is 32.2. The molecule has 4 rings (SSSR count). The molecule has 1 aromatic heterocycles. The summed E-state index contributed by atoms with van der Waals surface area (Å²) in [6, 6.07) is 14.0. The number of carbonyl (C=O) groups excluding carboxylic acids is 1. The quantitative estimate of drug-likeness (QED) is 0.649. The highest BCUT2D eigenvalue weighted by molar-refractivity contribution is 7.89. The van der Waals surface area contributed by atoms with Crippen molar-refractivity contribution in [2.24, 2.45) is 11.8 Å². The third-order valence-electron chi connectivity index (χ3n) is 5.33. The van der Waals surface area contributed by atoms with Crippen molar-refractivity contribution in [3.63, 3.8) is 0 Å². The van der Waals surface area contributed by atoms with E-state index in [-0.39, 0.29) is 10.8 Å². The van der Waals surface area contributed by atoms with Crippen LogP contribution in [-0.4, -0.2) is 36.7 Å². The number of sulfonamides is 1. The third kappa shape index (κ3) is 4.40. The van der Waals surface area contributed by atoms with Crippen LogP contribution in [0.25, 0.3) is 10.2 Å². The van der Waals surface area contributed by atoms with Gasteiger partial charge in [0.15, 0.2) is 0 Å². The Hall–Kier alpha value is -2.29. The molecular weight excluding hydrogens is 418 g/mol. The van der Waals surface area contributed by atoms with Crippen molar-refractivity contribution in [3.05, 3.63) is 59.1 Å². The molecule has 0 saturated carbocycles. The van der Waals surface area contributed by atoms with Gasteiger partial charge in [0.1, 0.15) is 5.01 Å². The summed E-state index contributed by atoms with van der Waals surface area (Å²) in [7, 11) is -3.55. The largest absolute Gasteiger partial charge is 0.346 e. The Morgan fingerprint density at radius 2 is 1.77 bits per heavy atom. The first-order valence-corrected chi connectivity index (χ1v) is 12.3. The van der Waals surface area contributed by atoms with Crippen molar-refractivity contribution >= 4 is 37.5 Å². The zero-order valence-electron chi connectivity index (χ0n) is 17.0. The van der Waals surface area contributed by atoms with Crippen molar-refractivity contribution in [1.82, 2.24) is 14.6 Å². The summed E-state index contributed by atoms with van der Waals surface area (Å²) >= 11 is 1.55. The van der Waals surface area contributed by atoms with Crippen LogP contribution in [-0.2, 0) is 16.6 Å². The van der Waals surface area contributed by atoms with Crippen LogP contribution in [0.3, 0.4) is 0 Å². The molecule has 8 heteroatoms.